The highest BCUT2D eigenvalue weighted by atomic mass is 19.1. The van der Waals surface area contributed by atoms with Gasteiger partial charge in [0.15, 0.2) is 0 Å². The summed E-state index contributed by atoms with van der Waals surface area (Å²) < 4.78 is 27.1. The summed E-state index contributed by atoms with van der Waals surface area (Å²) in [4.78, 5) is 28.9. The Labute approximate surface area is 183 Å². The third-order valence-electron chi connectivity index (χ3n) is 5.24. The molecule has 0 saturated heterocycles. The minimum atomic E-state index is -0.918. The van der Waals surface area contributed by atoms with E-state index >= 15 is 0 Å². The van der Waals surface area contributed by atoms with Crippen molar-refractivity contribution in [3.8, 4) is 0 Å². The van der Waals surface area contributed by atoms with Gasteiger partial charge in [-0.3, -0.25) is 9.59 Å². The summed E-state index contributed by atoms with van der Waals surface area (Å²) >= 11 is 0. The molecule has 5 nitrogen and oxygen atoms in total. The summed E-state index contributed by atoms with van der Waals surface area (Å²) in [5.74, 6) is -1.83. The van der Waals surface area contributed by atoms with Gasteiger partial charge >= 0.3 is 0 Å². The summed E-state index contributed by atoms with van der Waals surface area (Å²) in [5, 5.41) is 6.37. The molecule has 162 valence electrons. The molecule has 4 rings (SSSR count). The minimum Gasteiger partial charge on any atom is -0.361 e. The number of aromatic amines is 1. The Morgan fingerprint density at radius 1 is 0.875 bits per heavy atom. The molecule has 0 bridgehead atoms. The van der Waals surface area contributed by atoms with Gasteiger partial charge in [0.25, 0.3) is 5.91 Å². The van der Waals surface area contributed by atoms with E-state index < -0.39 is 29.5 Å². The Balaban J connectivity index is 1.55. The standard InChI is InChI=1S/C25H21F2N3O2/c26-19-11-9-16(10-12-19)24(31)30-23(13-18-15-28-22-8-4-2-6-20(18)22)25(32)29-14-17-5-1-3-7-21(17)27/h1-12,15,23,28H,13-14H2,(H,29,32)(H,30,31). The predicted molar refractivity (Wildman–Crippen MR) is 118 cm³/mol. The Kier molecular flexibility index (Phi) is 6.26. The zero-order chi connectivity index (χ0) is 22.5. The largest absolute Gasteiger partial charge is 0.361 e. The highest BCUT2D eigenvalue weighted by Gasteiger charge is 2.23. The van der Waals surface area contributed by atoms with Crippen molar-refractivity contribution in [2.24, 2.45) is 0 Å². The van der Waals surface area contributed by atoms with Gasteiger partial charge in [0.05, 0.1) is 0 Å². The number of aromatic nitrogens is 1. The first-order valence-electron chi connectivity index (χ1n) is 10.1. The third-order valence-corrected chi connectivity index (χ3v) is 5.24. The monoisotopic (exact) mass is 433 g/mol. The summed E-state index contributed by atoms with van der Waals surface area (Å²) in [6, 6.07) is 18.0. The van der Waals surface area contributed by atoms with Crippen molar-refractivity contribution < 1.29 is 18.4 Å². The lowest BCUT2D eigenvalue weighted by atomic mass is 10.0. The first-order chi connectivity index (χ1) is 15.5. The number of rotatable bonds is 7. The molecule has 0 saturated carbocycles. The van der Waals surface area contributed by atoms with Crippen LogP contribution < -0.4 is 10.6 Å². The van der Waals surface area contributed by atoms with Gasteiger partial charge in [-0.05, 0) is 42.0 Å². The Bertz CT molecular complexity index is 1250. The van der Waals surface area contributed by atoms with E-state index in [1.54, 1.807) is 24.4 Å². The van der Waals surface area contributed by atoms with Crippen LogP contribution in [0.3, 0.4) is 0 Å². The van der Waals surface area contributed by atoms with Crippen molar-refractivity contribution in [3.05, 3.63) is 107 Å². The van der Waals surface area contributed by atoms with Gasteiger partial charge in [0.1, 0.15) is 17.7 Å². The predicted octanol–water partition coefficient (Wildman–Crippen LogP) is 4.10. The third kappa shape index (κ3) is 4.83. The van der Waals surface area contributed by atoms with Gasteiger partial charge in [-0.25, -0.2) is 8.78 Å². The van der Waals surface area contributed by atoms with Gasteiger partial charge in [-0.15, -0.1) is 0 Å². The number of fused-ring (bicyclic) bond motifs is 1. The van der Waals surface area contributed by atoms with Crippen molar-refractivity contribution in [3.63, 3.8) is 0 Å². The molecule has 2 amide bonds. The van der Waals surface area contributed by atoms with Crippen LogP contribution in [0.5, 0.6) is 0 Å². The fourth-order valence-electron chi connectivity index (χ4n) is 3.52. The number of hydrogen-bond donors (Lipinski definition) is 3. The average molecular weight is 433 g/mol. The number of H-pyrrole nitrogens is 1. The fourth-order valence-corrected chi connectivity index (χ4v) is 3.52. The molecule has 0 fully saturated rings. The van der Waals surface area contributed by atoms with Gasteiger partial charge in [-0.1, -0.05) is 36.4 Å². The summed E-state index contributed by atoms with van der Waals surface area (Å²) in [5.41, 5.74) is 2.35. The maximum absolute atomic E-state index is 13.9. The highest BCUT2D eigenvalue weighted by Crippen LogP contribution is 2.19. The van der Waals surface area contributed by atoms with E-state index in [0.717, 1.165) is 16.5 Å². The van der Waals surface area contributed by atoms with Crippen LogP contribution in [0.15, 0.2) is 79.0 Å². The van der Waals surface area contributed by atoms with Gasteiger partial charge in [-0.2, -0.15) is 0 Å². The smallest absolute Gasteiger partial charge is 0.251 e. The lowest BCUT2D eigenvalue weighted by Gasteiger charge is -2.19. The number of benzene rings is 3. The van der Waals surface area contributed by atoms with E-state index in [9.17, 15) is 18.4 Å². The SMILES string of the molecule is O=C(NC(Cc1c[nH]c2ccccc12)C(=O)NCc1ccccc1F)c1ccc(F)cc1. The molecule has 32 heavy (non-hydrogen) atoms. The van der Waals surface area contributed by atoms with Crippen LogP contribution in [0, 0.1) is 11.6 Å². The molecule has 7 heteroatoms. The van der Waals surface area contributed by atoms with Gasteiger partial charge < -0.3 is 15.6 Å². The van der Waals surface area contributed by atoms with E-state index in [1.165, 1.54) is 30.3 Å². The average Bonchev–Trinajstić information content (AvgIpc) is 3.21. The van der Waals surface area contributed by atoms with Crippen molar-refractivity contribution in [1.29, 1.82) is 0 Å². The molecule has 0 aliphatic rings. The lowest BCUT2D eigenvalue weighted by molar-refractivity contribution is -0.123. The fraction of sp³-hybridized carbons (Fsp3) is 0.120. The molecule has 0 radical (unpaired) electrons. The Morgan fingerprint density at radius 2 is 1.59 bits per heavy atom. The van der Waals surface area contributed by atoms with Crippen LogP contribution in [0.2, 0.25) is 0 Å². The van der Waals surface area contributed by atoms with Gasteiger partial charge in [0, 0.05) is 41.2 Å². The van der Waals surface area contributed by atoms with Gasteiger partial charge in [0.2, 0.25) is 5.91 Å². The lowest BCUT2D eigenvalue weighted by Crippen LogP contribution is -2.47. The van der Waals surface area contributed by atoms with E-state index in [1.807, 2.05) is 24.3 Å². The van der Waals surface area contributed by atoms with E-state index in [0.29, 0.717) is 5.56 Å². The van der Waals surface area contributed by atoms with E-state index in [-0.39, 0.29) is 18.5 Å². The van der Waals surface area contributed by atoms with Crippen LogP contribution in [0.4, 0.5) is 8.78 Å². The summed E-state index contributed by atoms with van der Waals surface area (Å²) in [6.45, 7) is -0.0116. The Hall–Kier alpha value is -4.00. The molecule has 0 aliphatic heterocycles. The first kappa shape index (κ1) is 21.2. The maximum Gasteiger partial charge on any atom is 0.251 e. The Morgan fingerprint density at radius 3 is 2.38 bits per heavy atom. The van der Waals surface area contributed by atoms with Crippen molar-refractivity contribution in [2.45, 2.75) is 19.0 Å². The molecule has 0 spiro atoms. The number of nitrogens with one attached hydrogen (secondary N) is 3. The van der Waals surface area contributed by atoms with Crippen molar-refractivity contribution in [1.82, 2.24) is 15.6 Å². The number of para-hydroxylation sites is 1. The van der Waals surface area contributed by atoms with Crippen LogP contribution in [-0.4, -0.2) is 22.8 Å². The van der Waals surface area contributed by atoms with Crippen LogP contribution in [0.1, 0.15) is 21.5 Å². The highest BCUT2D eigenvalue weighted by molar-refractivity contribution is 5.97. The second-order valence-corrected chi connectivity index (χ2v) is 7.41. The maximum atomic E-state index is 13.9. The first-order valence-corrected chi connectivity index (χ1v) is 10.1. The molecule has 0 aliphatic carbocycles. The van der Waals surface area contributed by atoms with Crippen LogP contribution in [0.25, 0.3) is 10.9 Å². The molecule has 1 unspecified atom stereocenters. The summed E-state index contributed by atoms with van der Waals surface area (Å²) in [6.07, 6.45) is 2.02. The molecule has 3 aromatic carbocycles. The molecule has 1 aromatic heterocycles. The number of carbonyl (C=O) groups is 2. The van der Waals surface area contributed by atoms with Crippen molar-refractivity contribution >= 4 is 22.7 Å². The van der Waals surface area contributed by atoms with E-state index in [4.69, 9.17) is 0 Å². The minimum absolute atomic E-state index is 0.0116. The molecule has 1 heterocycles. The topological polar surface area (TPSA) is 74.0 Å². The quantitative estimate of drug-likeness (QED) is 0.411. The zero-order valence-electron chi connectivity index (χ0n) is 17.1. The number of hydrogen-bond acceptors (Lipinski definition) is 2. The second kappa shape index (κ2) is 9.43. The molecular weight excluding hydrogens is 412 g/mol. The normalized spacial score (nSPS) is 11.8. The molecule has 4 aromatic rings. The van der Waals surface area contributed by atoms with Crippen LogP contribution >= 0.6 is 0 Å². The molecular formula is C25H21F2N3O2. The summed E-state index contributed by atoms with van der Waals surface area (Å²) in [7, 11) is 0. The van der Waals surface area contributed by atoms with Crippen LogP contribution in [-0.2, 0) is 17.8 Å². The van der Waals surface area contributed by atoms with E-state index in [2.05, 4.69) is 15.6 Å². The number of halogens is 2. The molecule has 3 N–H and O–H groups in total. The number of amides is 2. The molecule has 1 atom stereocenters. The number of carbonyl (C=O) groups excluding carboxylic acids is 2. The second-order valence-electron chi connectivity index (χ2n) is 7.41. The van der Waals surface area contributed by atoms with Crippen molar-refractivity contribution in [2.75, 3.05) is 0 Å². The zero-order valence-corrected chi connectivity index (χ0v) is 17.1.